The van der Waals surface area contributed by atoms with E-state index in [1.165, 1.54) is 0 Å². The highest BCUT2D eigenvalue weighted by molar-refractivity contribution is 6.31. The van der Waals surface area contributed by atoms with Crippen molar-refractivity contribution in [2.24, 2.45) is 5.73 Å². The van der Waals surface area contributed by atoms with E-state index >= 15 is 0 Å². The summed E-state index contributed by atoms with van der Waals surface area (Å²) < 4.78 is 0. The van der Waals surface area contributed by atoms with Gasteiger partial charge in [0, 0.05) is 24.5 Å². The maximum atomic E-state index is 11.3. The van der Waals surface area contributed by atoms with Gasteiger partial charge in [0.2, 0.25) is 5.91 Å². The van der Waals surface area contributed by atoms with Gasteiger partial charge in [-0.05, 0) is 30.5 Å². The summed E-state index contributed by atoms with van der Waals surface area (Å²) in [7, 11) is 0. The zero-order valence-corrected chi connectivity index (χ0v) is 10.2. The third kappa shape index (κ3) is 4.21. The van der Waals surface area contributed by atoms with Gasteiger partial charge in [-0.15, -0.1) is 0 Å². The smallest absolute Gasteiger partial charge is 0.220 e. The minimum Gasteiger partial charge on any atom is -0.355 e. The lowest BCUT2D eigenvalue weighted by Gasteiger charge is -2.05. The topological polar surface area (TPSA) is 55.1 Å². The molecule has 0 bridgehead atoms. The van der Waals surface area contributed by atoms with Gasteiger partial charge in [-0.25, -0.2) is 0 Å². The highest BCUT2D eigenvalue weighted by Crippen LogP contribution is 2.17. The number of amides is 1. The minimum atomic E-state index is 0.0298. The van der Waals surface area contributed by atoms with Crippen LogP contribution < -0.4 is 11.1 Å². The molecule has 0 spiro atoms. The first kappa shape index (κ1) is 13.0. The van der Waals surface area contributed by atoms with Gasteiger partial charge in [0.1, 0.15) is 0 Å². The molecule has 1 rings (SSSR count). The van der Waals surface area contributed by atoms with E-state index in [1.54, 1.807) is 0 Å². The van der Waals surface area contributed by atoms with Crippen LogP contribution in [0, 0.1) is 6.92 Å². The van der Waals surface area contributed by atoms with Crippen LogP contribution in [0.5, 0.6) is 0 Å². The summed E-state index contributed by atoms with van der Waals surface area (Å²) in [5, 5.41) is 3.48. The molecule has 16 heavy (non-hydrogen) atoms. The van der Waals surface area contributed by atoms with Gasteiger partial charge in [-0.2, -0.15) is 0 Å². The van der Waals surface area contributed by atoms with Crippen LogP contribution in [0.3, 0.4) is 0 Å². The van der Waals surface area contributed by atoms with E-state index in [-0.39, 0.29) is 5.91 Å². The van der Waals surface area contributed by atoms with E-state index in [2.05, 4.69) is 5.32 Å². The highest BCUT2D eigenvalue weighted by atomic mass is 35.5. The number of aryl methyl sites for hydroxylation is 2. The van der Waals surface area contributed by atoms with Crippen LogP contribution in [0.1, 0.15) is 17.5 Å². The molecule has 3 nitrogen and oxygen atoms in total. The predicted molar refractivity (Wildman–Crippen MR) is 66.6 cm³/mol. The molecule has 1 aromatic carbocycles. The Hall–Kier alpha value is -1.06. The Bertz CT molecular complexity index is 366. The van der Waals surface area contributed by atoms with Gasteiger partial charge in [-0.1, -0.05) is 23.7 Å². The van der Waals surface area contributed by atoms with Gasteiger partial charge in [0.15, 0.2) is 0 Å². The summed E-state index contributed by atoms with van der Waals surface area (Å²) in [6.45, 7) is 2.97. The normalized spacial score (nSPS) is 10.2. The molecule has 0 saturated carbocycles. The summed E-state index contributed by atoms with van der Waals surface area (Å²) in [6, 6.07) is 5.87. The van der Waals surface area contributed by atoms with Gasteiger partial charge in [0.05, 0.1) is 0 Å². The van der Waals surface area contributed by atoms with Crippen molar-refractivity contribution in [3.05, 3.63) is 34.3 Å². The lowest BCUT2D eigenvalue weighted by atomic mass is 10.1. The third-order valence-electron chi connectivity index (χ3n) is 2.34. The molecule has 0 aliphatic rings. The fourth-order valence-electron chi connectivity index (χ4n) is 1.35. The average Bonchev–Trinajstić information content (AvgIpc) is 2.28. The van der Waals surface area contributed by atoms with Crippen molar-refractivity contribution in [2.45, 2.75) is 19.8 Å². The number of hydrogen-bond donors (Lipinski definition) is 2. The van der Waals surface area contributed by atoms with Crippen molar-refractivity contribution in [2.75, 3.05) is 13.1 Å². The molecule has 4 heteroatoms. The zero-order chi connectivity index (χ0) is 12.0. The van der Waals surface area contributed by atoms with Crippen molar-refractivity contribution in [3.8, 4) is 0 Å². The van der Waals surface area contributed by atoms with Crippen LogP contribution in [0.2, 0.25) is 5.02 Å². The molecule has 0 unspecified atom stereocenters. The van der Waals surface area contributed by atoms with E-state index in [9.17, 15) is 4.79 Å². The molecule has 88 valence electrons. The molecule has 0 aromatic heterocycles. The Balaban J connectivity index is 2.42. The molecular formula is C12H17ClN2O. The fraction of sp³-hybridized carbons (Fsp3) is 0.417. The van der Waals surface area contributed by atoms with E-state index in [0.717, 1.165) is 16.1 Å². The second-order valence-corrected chi connectivity index (χ2v) is 4.13. The van der Waals surface area contributed by atoms with E-state index in [1.807, 2.05) is 25.1 Å². The second kappa shape index (κ2) is 6.51. The molecule has 1 aromatic rings. The molecule has 0 fully saturated rings. The zero-order valence-electron chi connectivity index (χ0n) is 9.42. The van der Waals surface area contributed by atoms with Gasteiger partial charge < -0.3 is 11.1 Å². The Labute approximate surface area is 101 Å². The fourth-order valence-corrected chi connectivity index (χ4v) is 1.55. The third-order valence-corrected chi connectivity index (χ3v) is 2.75. The Kier molecular flexibility index (Phi) is 5.29. The van der Waals surface area contributed by atoms with Crippen molar-refractivity contribution in [3.63, 3.8) is 0 Å². The first-order valence-electron chi connectivity index (χ1n) is 5.35. The molecule has 0 aliphatic heterocycles. The lowest BCUT2D eigenvalue weighted by molar-refractivity contribution is -0.120. The van der Waals surface area contributed by atoms with Crippen LogP contribution in [0.25, 0.3) is 0 Å². The average molecular weight is 241 g/mol. The number of nitrogens with one attached hydrogen (secondary N) is 1. The van der Waals surface area contributed by atoms with E-state index in [0.29, 0.717) is 25.9 Å². The predicted octanol–water partition coefficient (Wildman–Crippen LogP) is 1.66. The number of benzene rings is 1. The van der Waals surface area contributed by atoms with Gasteiger partial charge in [-0.3, -0.25) is 4.79 Å². The number of carbonyl (C=O) groups excluding carboxylic acids is 1. The van der Waals surface area contributed by atoms with Crippen LogP contribution in [0.15, 0.2) is 18.2 Å². The SMILES string of the molecule is Cc1ccc(CCC(=O)NCCN)cc1Cl. The molecule has 0 aliphatic carbocycles. The van der Waals surface area contributed by atoms with Crippen molar-refractivity contribution in [1.29, 1.82) is 0 Å². The highest BCUT2D eigenvalue weighted by Gasteiger charge is 2.02. The van der Waals surface area contributed by atoms with Crippen LogP contribution in [-0.4, -0.2) is 19.0 Å². The summed E-state index contributed by atoms with van der Waals surface area (Å²) in [4.78, 5) is 11.3. The number of carbonyl (C=O) groups is 1. The Morgan fingerprint density at radius 1 is 1.50 bits per heavy atom. The largest absolute Gasteiger partial charge is 0.355 e. The van der Waals surface area contributed by atoms with Crippen molar-refractivity contribution < 1.29 is 4.79 Å². The lowest BCUT2D eigenvalue weighted by Crippen LogP contribution is -2.29. The van der Waals surface area contributed by atoms with Gasteiger partial charge >= 0.3 is 0 Å². The molecule has 1 amide bonds. The quantitative estimate of drug-likeness (QED) is 0.823. The van der Waals surface area contributed by atoms with Crippen LogP contribution in [0.4, 0.5) is 0 Å². The maximum absolute atomic E-state index is 11.3. The molecule has 0 radical (unpaired) electrons. The Morgan fingerprint density at radius 2 is 2.25 bits per heavy atom. The standard InChI is InChI=1S/C12H17ClN2O/c1-9-2-3-10(8-11(9)13)4-5-12(16)15-7-6-14/h2-3,8H,4-7,14H2,1H3,(H,15,16). The summed E-state index contributed by atoms with van der Waals surface area (Å²) >= 11 is 6.00. The summed E-state index contributed by atoms with van der Waals surface area (Å²) in [5.41, 5.74) is 7.42. The monoisotopic (exact) mass is 240 g/mol. The summed E-state index contributed by atoms with van der Waals surface area (Å²) in [5.74, 6) is 0.0298. The van der Waals surface area contributed by atoms with E-state index < -0.39 is 0 Å². The molecular weight excluding hydrogens is 224 g/mol. The molecule has 0 saturated heterocycles. The first-order valence-corrected chi connectivity index (χ1v) is 5.73. The molecule has 0 atom stereocenters. The number of hydrogen-bond acceptors (Lipinski definition) is 2. The number of rotatable bonds is 5. The van der Waals surface area contributed by atoms with Gasteiger partial charge in [0.25, 0.3) is 0 Å². The van der Waals surface area contributed by atoms with Crippen LogP contribution in [-0.2, 0) is 11.2 Å². The van der Waals surface area contributed by atoms with Crippen LogP contribution >= 0.6 is 11.6 Å². The first-order chi connectivity index (χ1) is 7.63. The summed E-state index contributed by atoms with van der Waals surface area (Å²) in [6.07, 6.45) is 1.18. The van der Waals surface area contributed by atoms with Crippen molar-refractivity contribution >= 4 is 17.5 Å². The van der Waals surface area contributed by atoms with Crippen molar-refractivity contribution in [1.82, 2.24) is 5.32 Å². The second-order valence-electron chi connectivity index (χ2n) is 3.72. The number of halogens is 1. The molecule has 3 N–H and O–H groups in total. The number of nitrogens with two attached hydrogens (primary N) is 1. The minimum absolute atomic E-state index is 0.0298. The maximum Gasteiger partial charge on any atom is 0.220 e. The Morgan fingerprint density at radius 3 is 2.88 bits per heavy atom. The molecule has 0 heterocycles. The van der Waals surface area contributed by atoms with E-state index in [4.69, 9.17) is 17.3 Å².